The van der Waals surface area contributed by atoms with Crippen LogP contribution in [0.25, 0.3) is 6.08 Å². The quantitative estimate of drug-likeness (QED) is 0.562. The van der Waals surface area contributed by atoms with E-state index >= 15 is 0 Å². The molecule has 1 aliphatic rings. The second-order valence-corrected chi connectivity index (χ2v) is 6.73. The molecule has 3 N–H and O–H groups in total. The van der Waals surface area contributed by atoms with Crippen molar-refractivity contribution in [3.05, 3.63) is 70.6 Å². The number of nitrogens with one attached hydrogen (secondary N) is 3. The van der Waals surface area contributed by atoms with Gasteiger partial charge in [0, 0.05) is 48.7 Å². The molecule has 0 spiro atoms. The maximum absolute atomic E-state index is 13.6. The van der Waals surface area contributed by atoms with Crippen LogP contribution >= 0.6 is 0 Å². The Balaban J connectivity index is 1.71. The maximum Gasteiger partial charge on any atom is 0.419 e. The molecule has 0 unspecified atom stereocenters. The smallest absolute Gasteiger partial charge is 0.355 e. The fourth-order valence-electron chi connectivity index (χ4n) is 3.10. The Labute approximate surface area is 178 Å². The minimum atomic E-state index is -4.68. The first-order valence-electron chi connectivity index (χ1n) is 9.26. The lowest BCUT2D eigenvalue weighted by atomic mass is 10.1. The Morgan fingerprint density at radius 1 is 1.03 bits per heavy atom. The summed E-state index contributed by atoms with van der Waals surface area (Å²) in [6.45, 7) is 0. The second kappa shape index (κ2) is 8.10. The van der Waals surface area contributed by atoms with Crippen molar-refractivity contribution < 1.29 is 22.8 Å². The molecule has 11 heteroatoms. The highest BCUT2D eigenvalue weighted by molar-refractivity contribution is 6.06. The Morgan fingerprint density at radius 3 is 2.59 bits per heavy atom. The molecule has 0 saturated carbocycles. The molecular weight excluding hydrogens is 425 g/mol. The number of halogens is 3. The molecule has 0 saturated heterocycles. The minimum absolute atomic E-state index is 0.0806. The lowest BCUT2D eigenvalue weighted by Crippen LogP contribution is -2.21. The first-order valence-corrected chi connectivity index (χ1v) is 9.26. The summed E-state index contributed by atoms with van der Waals surface area (Å²) in [7, 11) is 1.41. The van der Waals surface area contributed by atoms with E-state index < -0.39 is 17.6 Å². The van der Waals surface area contributed by atoms with Crippen LogP contribution < -0.4 is 26.5 Å². The van der Waals surface area contributed by atoms with E-state index in [2.05, 4.69) is 30.9 Å². The van der Waals surface area contributed by atoms with E-state index in [0.717, 1.165) is 0 Å². The van der Waals surface area contributed by atoms with Crippen LogP contribution in [0, 0.1) is 0 Å². The molecule has 0 atom stereocenters. The number of carbonyl (C=O) groups is 2. The average Bonchev–Trinajstić information content (AvgIpc) is 3.12. The highest BCUT2D eigenvalue weighted by atomic mass is 19.4. The third kappa shape index (κ3) is 4.26. The highest BCUT2D eigenvalue weighted by Gasteiger charge is 2.34. The molecule has 3 aromatic rings. The summed E-state index contributed by atoms with van der Waals surface area (Å²) in [5, 5.41) is 9.12. The third-order valence-electron chi connectivity index (χ3n) is 4.58. The zero-order valence-corrected chi connectivity index (χ0v) is 16.5. The fraction of sp³-hybridized carbons (Fsp3) is 0.0952. The topological polar surface area (TPSA) is 108 Å². The van der Waals surface area contributed by atoms with Crippen molar-refractivity contribution in [3.63, 3.8) is 0 Å². The normalized spacial score (nSPS) is 12.4. The van der Waals surface area contributed by atoms with Gasteiger partial charge in [-0.2, -0.15) is 13.2 Å². The summed E-state index contributed by atoms with van der Waals surface area (Å²) in [5.41, 5.74) is -0.567. The molecule has 0 radical (unpaired) electrons. The highest BCUT2D eigenvalue weighted by Crippen LogP contribution is 2.37. The van der Waals surface area contributed by atoms with Gasteiger partial charge in [0.05, 0.1) is 27.9 Å². The number of anilines is 4. The van der Waals surface area contributed by atoms with Gasteiger partial charge >= 0.3 is 6.18 Å². The molecule has 8 nitrogen and oxygen atoms in total. The molecule has 1 aliphatic heterocycles. The molecule has 0 bridgehead atoms. The molecular formula is C21H15F3N6O2. The number of carbonyl (C=O) groups excluding carboxylic acids is 2. The summed E-state index contributed by atoms with van der Waals surface area (Å²) in [6, 6.07) is 7.48. The monoisotopic (exact) mass is 440 g/mol. The van der Waals surface area contributed by atoms with E-state index in [-0.39, 0.29) is 28.7 Å². The van der Waals surface area contributed by atoms with E-state index in [0.29, 0.717) is 22.5 Å². The van der Waals surface area contributed by atoms with Crippen LogP contribution in [0.15, 0.2) is 53.9 Å². The van der Waals surface area contributed by atoms with Crippen LogP contribution in [0.4, 0.5) is 36.1 Å². The van der Waals surface area contributed by atoms with Crippen molar-refractivity contribution in [2.75, 3.05) is 17.7 Å². The van der Waals surface area contributed by atoms with Gasteiger partial charge in [0.2, 0.25) is 0 Å². The number of amides is 2. The van der Waals surface area contributed by atoms with Crippen LogP contribution in [-0.4, -0.2) is 28.8 Å². The lowest BCUT2D eigenvalue weighted by molar-refractivity contribution is -0.137. The maximum atomic E-state index is 13.6. The SMILES string of the molecule is CNC(=O)c1cnccc1Nc1cc(Nc2ccc3c(c2)=CC(=O)N=3)ncc1C(F)(F)F. The summed E-state index contributed by atoms with van der Waals surface area (Å²) in [6.07, 6.45) is -0.0163. The standard InChI is InChI=1S/C21H15F3N6O2/c1-25-20(32)13-9-26-5-4-16(13)29-17-8-18(27-10-14(17)21(22,23)24)28-12-2-3-15-11(6-12)7-19(31)30-15/h2-10H,1H3,(H,25,32)(H2,26,27,28,29). The van der Waals surface area contributed by atoms with E-state index in [4.69, 9.17) is 0 Å². The first kappa shape index (κ1) is 21.0. The zero-order valence-electron chi connectivity index (χ0n) is 16.5. The molecule has 2 amide bonds. The number of alkyl halides is 3. The zero-order chi connectivity index (χ0) is 22.9. The van der Waals surface area contributed by atoms with Crippen LogP contribution in [0.5, 0.6) is 0 Å². The predicted octanol–water partition coefficient (Wildman–Crippen LogP) is 2.28. The van der Waals surface area contributed by atoms with Gasteiger partial charge in [0.15, 0.2) is 0 Å². The number of hydrogen-bond donors (Lipinski definition) is 3. The summed E-state index contributed by atoms with van der Waals surface area (Å²) >= 11 is 0. The van der Waals surface area contributed by atoms with Crippen molar-refractivity contribution in [2.45, 2.75) is 6.18 Å². The molecule has 0 aliphatic carbocycles. The minimum Gasteiger partial charge on any atom is -0.355 e. The molecule has 3 heterocycles. The van der Waals surface area contributed by atoms with Gasteiger partial charge in [-0.15, -0.1) is 0 Å². The largest absolute Gasteiger partial charge is 0.419 e. The van der Waals surface area contributed by atoms with Crippen LogP contribution in [0.1, 0.15) is 15.9 Å². The summed E-state index contributed by atoms with van der Waals surface area (Å²) in [4.78, 5) is 35.0. The lowest BCUT2D eigenvalue weighted by Gasteiger charge is -2.17. The molecule has 4 rings (SSSR count). The number of rotatable bonds is 5. The summed E-state index contributed by atoms with van der Waals surface area (Å²) in [5.74, 6) is -0.756. The van der Waals surface area contributed by atoms with E-state index in [1.165, 1.54) is 37.7 Å². The molecule has 162 valence electrons. The van der Waals surface area contributed by atoms with Crippen LogP contribution in [-0.2, 0) is 11.0 Å². The molecule has 1 aromatic carbocycles. The Kier molecular flexibility index (Phi) is 5.31. The number of aromatic nitrogens is 2. The molecule has 2 aromatic heterocycles. The molecule has 32 heavy (non-hydrogen) atoms. The predicted molar refractivity (Wildman–Crippen MR) is 110 cm³/mol. The van der Waals surface area contributed by atoms with Gasteiger partial charge < -0.3 is 16.0 Å². The van der Waals surface area contributed by atoms with E-state index in [9.17, 15) is 22.8 Å². The van der Waals surface area contributed by atoms with Gasteiger partial charge in [-0.25, -0.2) is 9.98 Å². The number of pyridine rings is 2. The number of nitrogens with zero attached hydrogens (tertiary/aromatic N) is 3. The van der Waals surface area contributed by atoms with Crippen molar-refractivity contribution >= 4 is 40.8 Å². The fourth-order valence-corrected chi connectivity index (χ4v) is 3.10. The van der Waals surface area contributed by atoms with Gasteiger partial charge in [-0.1, -0.05) is 0 Å². The number of fused-ring (bicyclic) bond motifs is 1. The number of hydrogen-bond acceptors (Lipinski definition) is 6. The van der Waals surface area contributed by atoms with Crippen molar-refractivity contribution in [2.24, 2.45) is 4.99 Å². The average molecular weight is 440 g/mol. The van der Waals surface area contributed by atoms with Crippen molar-refractivity contribution in [1.82, 2.24) is 15.3 Å². The Hall–Kier alpha value is -4.28. The van der Waals surface area contributed by atoms with Gasteiger partial charge in [-0.3, -0.25) is 14.6 Å². The van der Waals surface area contributed by atoms with Gasteiger partial charge in [-0.05, 0) is 24.3 Å². The first-order chi connectivity index (χ1) is 15.2. The van der Waals surface area contributed by atoms with E-state index in [1.54, 1.807) is 18.2 Å². The van der Waals surface area contributed by atoms with Gasteiger partial charge in [0.25, 0.3) is 11.8 Å². The van der Waals surface area contributed by atoms with Crippen molar-refractivity contribution in [1.29, 1.82) is 0 Å². The third-order valence-corrected chi connectivity index (χ3v) is 4.58. The van der Waals surface area contributed by atoms with Crippen LogP contribution in [0.2, 0.25) is 0 Å². The van der Waals surface area contributed by atoms with Crippen molar-refractivity contribution in [3.8, 4) is 0 Å². The second-order valence-electron chi connectivity index (χ2n) is 6.73. The Morgan fingerprint density at radius 2 is 1.84 bits per heavy atom. The van der Waals surface area contributed by atoms with Crippen LogP contribution in [0.3, 0.4) is 0 Å². The van der Waals surface area contributed by atoms with E-state index in [1.807, 2.05) is 0 Å². The summed E-state index contributed by atoms with van der Waals surface area (Å²) < 4.78 is 40.7. The Bertz CT molecular complexity index is 1350. The van der Waals surface area contributed by atoms with Gasteiger partial charge in [0.1, 0.15) is 5.82 Å². The number of benzene rings is 1. The molecule has 0 fully saturated rings.